The molecular formula is C14H24N2OS. The summed E-state index contributed by atoms with van der Waals surface area (Å²) in [6, 6.07) is 0. The summed E-state index contributed by atoms with van der Waals surface area (Å²) in [4.78, 5) is 12.9. The number of nitrogens with one attached hydrogen (secondary N) is 1. The lowest BCUT2D eigenvalue weighted by molar-refractivity contribution is -0.114. The molecule has 1 rings (SSSR count). The van der Waals surface area contributed by atoms with Crippen molar-refractivity contribution >= 4 is 17.7 Å². The Hall–Kier alpha value is -0.900. The van der Waals surface area contributed by atoms with Crippen LogP contribution in [0, 0.1) is 5.92 Å². The van der Waals surface area contributed by atoms with Gasteiger partial charge in [-0.05, 0) is 48.3 Å². The van der Waals surface area contributed by atoms with E-state index in [2.05, 4.69) is 25.4 Å². The zero-order valence-corrected chi connectivity index (χ0v) is 12.4. The van der Waals surface area contributed by atoms with Gasteiger partial charge in [0.15, 0.2) is 0 Å². The van der Waals surface area contributed by atoms with E-state index in [4.69, 9.17) is 5.73 Å². The van der Waals surface area contributed by atoms with E-state index in [0.29, 0.717) is 11.5 Å². The Morgan fingerprint density at radius 1 is 1.44 bits per heavy atom. The molecule has 1 aliphatic rings. The molecule has 102 valence electrons. The van der Waals surface area contributed by atoms with Gasteiger partial charge in [0.05, 0.1) is 5.57 Å². The van der Waals surface area contributed by atoms with Gasteiger partial charge in [0, 0.05) is 12.7 Å². The highest BCUT2D eigenvalue weighted by molar-refractivity contribution is 8.02. The van der Waals surface area contributed by atoms with E-state index >= 15 is 0 Å². The van der Waals surface area contributed by atoms with E-state index in [9.17, 15) is 4.79 Å². The molecule has 0 aliphatic heterocycles. The Kier molecular flexibility index (Phi) is 6.33. The normalized spacial score (nSPS) is 17.2. The first-order valence-electron chi connectivity index (χ1n) is 6.56. The zero-order chi connectivity index (χ0) is 13.5. The number of thioether (sulfide) groups is 1. The summed E-state index contributed by atoms with van der Waals surface area (Å²) in [7, 11) is 0. The van der Waals surface area contributed by atoms with E-state index < -0.39 is 0 Å². The highest BCUT2D eigenvalue weighted by Gasteiger charge is 2.19. The van der Waals surface area contributed by atoms with Crippen molar-refractivity contribution in [2.45, 2.75) is 39.5 Å². The molecule has 0 atom stereocenters. The minimum absolute atomic E-state index is 0.324. The molecular weight excluding hydrogens is 244 g/mol. The summed E-state index contributed by atoms with van der Waals surface area (Å²) in [5.41, 5.74) is 7.33. The van der Waals surface area contributed by atoms with Crippen LogP contribution >= 0.6 is 11.8 Å². The molecule has 0 aromatic rings. The van der Waals surface area contributed by atoms with E-state index in [0.717, 1.165) is 31.4 Å². The second-order valence-electron chi connectivity index (χ2n) is 5.04. The van der Waals surface area contributed by atoms with Gasteiger partial charge < -0.3 is 11.1 Å². The van der Waals surface area contributed by atoms with Crippen LogP contribution < -0.4 is 11.1 Å². The summed E-state index contributed by atoms with van der Waals surface area (Å²) in [5, 5.41) is 3.20. The summed E-state index contributed by atoms with van der Waals surface area (Å²) in [6.45, 7) is 5.13. The molecule has 0 fully saturated rings. The third-order valence-corrected chi connectivity index (χ3v) is 3.97. The average molecular weight is 268 g/mol. The SMILES string of the molecule is CSC1=C(/C(=C/NCC(C)C)C(N)=O)CCCC1. The highest BCUT2D eigenvalue weighted by atomic mass is 32.2. The van der Waals surface area contributed by atoms with E-state index in [1.807, 2.05) is 0 Å². The lowest BCUT2D eigenvalue weighted by atomic mass is 9.93. The van der Waals surface area contributed by atoms with Crippen molar-refractivity contribution in [2.75, 3.05) is 12.8 Å². The average Bonchev–Trinajstić information content (AvgIpc) is 2.34. The summed E-state index contributed by atoms with van der Waals surface area (Å²) >= 11 is 1.74. The van der Waals surface area contributed by atoms with Crippen molar-refractivity contribution < 1.29 is 4.79 Å². The van der Waals surface area contributed by atoms with Gasteiger partial charge >= 0.3 is 0 Å². The number of rotatable bonds is 6. The maximum absolute atomic E-state index is 11.6. The number of primary amides is 1. The molecule has 3 nitrogen and oxygen atoms in total. The Balaban J connectivity index is 2.89. The van der Waals surface area contributed by atoms with Gasteiger partial charge in [-0.3, -0.25) is 4.79 Å². The highest BCUT2D eigenvalue weighted by Crippen LogP contribution is 2.34. The van der Waals surface area contributed by atoms with Crippen LogP contribution in [0.3, 0.4) is 0 Å². The van der Waals surface area contributed by atoms with Crippen LogP contribution in [0.15, 0.2) is 22.3 Å². The summed E-state index contributed by atoms with van der Waals surface area (Å²) in [5.74, 6) is 0.227. The fraction of sp³-hybridized carbons (Fsp3) is 0.643. The van der Waals surface area contributed by atoms with Crippen LogP contribution in [0.1, 0.15) is 39.5 Å². The molecule has 0 saturated heterocycles. The van der Waals surface area contributed by atoms with Crippen LogP contribution in [0.5, 0.6) is 0 Å². The van der Waals surface area contributed by atoms with Crippen LogP contribution in [0.4, 0.5) is 0 Å². The van der Waals surface area contributed by atoms with Crippen LogP contribution in [0.25, 0.3) is 0 Å². The van der Waals surface area contributed by atoms with Crippen molar-refractivity contribution in [1.82, 2.24) is 5.32 Å². The number of carbonyl (C=O) groups excluding carboxylic acids is 1. The first kappa shape index (κ1) is 15.2. The molecule has 0 aromatic heterocycles. The van der Waals surface area contributed by atoms with Crippen molar-refractivity contribution in [3.8, 4) is 0 Å². The number of carbonyl (C=O) groups is 1. The van der Waals surface area contributed by atoms with E-state index in [1.165, 1.54) is 11.3 Å². The van der Waals surface area contributed by atoms with Gasteiger partial charge in [-0.25, -0.2) is 0 Å². The van der Waals surface area contributed by atoms with Crippen LogP contribution in [-0.2, 0) is 4.79 Å². The second-order valence-corrected chi connectivity index (χ2v) is 5.94. The largest absolute Gasteiger partial charge is 0.390 e. The molecule has 18 heavy (non-hydrogen) atoms. The summed E-state index contributed by atoms with van der Waals surface area (Å²) in [6.07, 6.45) is 8.28. The second kappa shape index (κ2) is 7.52. The van der Waals surface area contributed by atoms with E-state index in [-0.39, 0.29) is 5.91 Å². The first-order valence-corrected chi connectivity index (χ1v) is 7.78. The molecule has 3 N–H and O–H groups in total. The molecule has 0 bridgehead atoms. The number of nitrogens with two attached hydrogens (primary N) is 1. The van der Waals surface area contributed by atoms with Crippen molar-refractivity contribution in [3.63, 3.8) is 0 Å². The number of hydrogen-bond acceptors (Lipinski definition) is 3. The molecule has 0 spiro atoms. The molecule has 4 heteroatoms. The van der Waals surface area contributed by atoms with Crippen LogP contribution in [-0.4, -0.2) is 18.7 Å². The minimum Gasteiger partial charge on any atom is -0.390 e. The Morgan fingerprint density at radius 2 is 2.11 bits per heavy atom. The Bertz CT molecular complexity index is 359. The van der Waals surface area contributed by atoms with Crippen LogP contribution in [0.2, 0.25) is 0 Å². The number of amides is 1. The Morgan fingerprint density at radius 3 is 2.67 bits per heavy atom. The molecule has 0 unspecified atom stereocenters. The van der Waals surface area contributed by atoms with Gasteiger partial charge in [-0.2, -0.15) is 0 Å². The molecule has 0 aromatic carbocycles. The third kappa shape index (κ3) is 4.41. The van der Waals surface area contributed by atoms with Gasteiger partial charge in [0.1, 0.15) is 0 Å². The molecule has 1 aliphatic carbocycles. The first-order chi connectivity index (χ1) is 8.56. The fourth-order valence-electron chi connectivity index (χ4n) is 2.09. The van der Waals surface area contributed by atoms with Crippen molar-refractivity contribution in [2.24, 2.45) is 11.7 Å². The molecule has 0 saturated carbocycles. The lowest BCUT2D eigenvalue weighted by Crippen LogP contribution is -2.22. The number of allylic oxidation sites excluding steroid dienone is 1. The number of hydrogen-bond donors (Lipinski definition) is 2. The van der Waals surface area contributed by atoms with Gasteiger partial charge in [0.2, 0.25) is 5.91 Å². The smallest absolute Gasteiger partial charge is 0.250 e. The fourth-order valence-corrected chi connectivity index (χ4v) is 2.90. The van der Waals surface area contributed by atoms with E-state index in [1.54, 1.807) is 18.0 Å². The molecule has 1 amide bonds. The maximum Gasteiger partial charge on any atom is 0.250 e. The van der Waals surface area contributed by atoms with Gasteiger partial charge in [-0.15, -0.1) is 11.8 Å². The lowest BCUT2D eigenvalue weighted by Gasteiger charge is -2.20. The Labute approximate surface area is 114 Å². The topological polar surface area (TPSA) is 55.1 Å². The monoisotopic (exact) mass is 268 g/mol. The summed E-state index contributed by atoms with van der Waals surface area (Å²) < 4.78 is 0. The minimum atomic E-state index is -0.324. The molecule has 0 radical (unpaired) electrons. The predicted octanol–water partition coefficient (Wildman–Crippen LogP) is 2.79. The standard InChI is InChI=1S/C14H24N2OS/c1-10(2)8-16-9-12(14(15)17)11-6-4-5-7-13(11)18-3/h9-10,16H,4-8H2,1-3H3,(H2,15,17)/b12-9-. The zero-order valence-electron chi connectivity index (χ0n) is 11.6. The van der Waals surface area contributed by atoms with Crippen molar-refractivity contribution in [3.05, 3.63) is 22.3 Å². The van der Waals surface area contributed by atoms with Crippen molar-refractivity contribution in [1.29, 1.82) is 0 Å². The quantitative estimate of drug-likeness (QED) is 0.728. The van der Waals surface area contributed by atoms with Gasteiger partial charge in [-0.1, -0.05) is 13.8 Å². The van der Waals surface area contributed by atoms with Gasteiger partial charge in [0.25, 0.3) is 0 Å². The third-order valence-electron chi connectivity index (χ3n) is 3.03. The maximum atomic E-state index is 11.6. The molecule has 0 heterocycles. The predicted molar refractivity (Wildman–Crippen MR) is 79.1 cm³/mol.